The van der Waals surface area contributed by atoms with E-state index < -0.39 is 10.0 Å². The molecule has 194 valence electrons. The minimum Gasteiger partial charge on any atom is -0.334 e. The van der Waals surface area contributed by atoms with Gasteiger partial charge in [-0.05, 0) is 77.7 Å². The number of fused-ring (bicyclic) bond motifs is 1. The van der Waals surface area contributed by atoms with Crippen LogP contribution in [0.5, 0.6) is 0 Å². The summed E-state index contributed by atoms with van der Waals surface area (Å²) < 4.78 is 43.8. The van der Waals surface area contributed by atoms with Gasteiger partial charge in [-0.3, -0.25) is 9.10 Å². The Morgan fingerprint density at radius 3 is 2.45 bits per heavy atom. The van der Waals surface area contributed by atoms with Crippen molar-refractivity contribution in [2.75, 3.05) is 10.8 Å². The molecule has 38 heavy (non-hydrogen) atoms. The van der Waals surface area contributed by atoms with E-state index in [0.717, 1.165) is 16.7 Å². The van der Waals surface area contributed by atoms with Gasteiger partial charge in [-0.1, -0.05) is 63.9 Å². The van der Waals surface area contributed by atoms with Crippen LogP contribution in [0.1, 0.15) is 27.0 Å². The predicted octanol–water partition coefficient (Wildman–Crippen LogP) is 6.84. The van der Waals surface area contributed by atoms with Crippen molar-refractivity contribution in [2.24, 2.45) is 0 Å². The molecule has 0 saturated heterocycles. The fourth-order valence-electron chi connectivity index (χ4n) is 4.55. The van der Waals surface area contributed by atoms with Crippen LogP contribution in [-0.4, -0.2) is 25.8 Å². The molecule has 0 aliphatic carbocycles. The number of sulfonamides is 1. The summed E-state index contributed by atoms with van der Waals surface area (Å²) >= 11 is 9.46. The normalized spacial score (nSPS) is 13.2. The van der Waals surface area contributed by atoms with Crippen molar-refractivity contribution in [1.29, 1.82) is 0 Å². The first-order valence-corrected chi connectivity index (χ1v) is 14.5. The lowest BCUT2D eigenvalue weighted by Gasteiger charge is -2.30. The van der Waals surface area contributed by atoms with Gasteiger partial charge >= 0.3 is 0 Å². The van der Waals surface area contributed by atoms with Crippen LogP contribution in [0.2, 0.25) is 5.02 Å². The number of rotatable bonds is 6. The van der Waals surface area contributed by atoms with Crippen molar-refractivity contribution in [1.82, 2.24) is 4.90 Å². The molecular weight excluding hydrogens is 591 g/mol. The number of halogens is 3. The van der Waals surface area contributed by atoms with Crippen molar-refractivity contribution < 1.29 is 17.6 Å². The highest BCUT2D eigenvalue weighted by atomic mass is 79.9. The molecule has 0 radical (unpaired) electrons. The highest BCUT2D eigenvalue weighted by Gasteiger charge is 2.28. The molecule has 0 saturated carbocycles. The molecular formula is C29H23BrClFN2O3S. The van der Waals surface area contributed by atoms with Crippen molar-refractivity contribution in [3.8, 4) is 0 Å². The standard InChI is InChI=1S/C29H23BrClFN2O3S/c30-28-17-24(32)15-22-19-33(14-13-27(22)28)29(35)21-7-4-8-26(16-21)38(36,37)34(18-20-5-2-1-3-6-20)25-11-9-23(31)10-12-25/h1-12,15-17H,13-14,18-19H2. The third kappa shape index (κ3) is 5.48. The highest BCUT2D eigenvalue weighted by Crippen LogP contribution is 2.30. The molecule has 1 aliphatic rings. The summed E-state index contributed by atoms with van der Waals surface area (Å²) in [4.78, 5) is 15.0. The number of amides is 1. The molecule has 0 N–H and O–H groups in total. The first kappa shape index (κ1) is 26.4. The quantitative estimate of drug-likeness (QED) is 0.239. The molecule has 0 bridgehead atoms. The van der Waals surface area contributed by atoms with Crippen LogP contribution in [0.3, 0.4) is 0 Å². The number of carbonyl (C=O) groups excluding carboxylic acids is 1. The summed E-state index contributed by atoms with van der Waals surface area (Å²) in [5, 5.41) is 0.494. The van der Waals surface area contributed by atoms with Crippen molar-refractivity contribution in [3.63, 3.8) is 0 Å². The Hall–Kier alpha value is -3.20. The zero-order valence-corrected chi connectivity index (χ0v) is 23.3. The number of hydrogen-bond acceptors (Lipinski definition) is 3. The third-order valence-electron chi connectivity index (χ3n) is 6.49. The maximum atomic E-state index is 14.0. The zero-order chi connectivity index (χ0) is 26.9. The monoisotopic (exact) mass is 612 g/mol. The van der Waals surface area contributed by atoms with E-state index in [-0.39, 0.29) is 35.3 Å². The van der Waals surface area contributed by atoms with E-state index in [1.165, 1.54) is 28.6 Å². The molecule has 9 heteroatoms. The van der Waals surface area contributed by atoms with Crippen LogP contribution in [0.4, 0.5) is 10.1 Å². The summed E-state index contributed by atoms with van der Waals surface area (Å²) in [6, 6.07) is 24.8. The molecule has 4 aromatic carbocycles. The molecule has 1 heterocycles. The summed E-state index contributed by atoms with van der Waals surface area (Å²) in [6.45, 7) is 0.788. The number of carbonyl (C=O) groups is 1. The highest BCUT2D eigenvalue weighted by molar-refractivity contribution is 9.10. The first-order chi connectivity index (χ1) is 18.2. The van der Waals surface area contributed by atoms with E-state index in [1.807, 2.05) is 30.3 Å². The second-order valence-electron chi connectivity index (χ2n) is 9.00. The number of benzene rings is 4. The van der Waals surface area contributed by atoms with Crippen molar-refractivity contribution >= 4 is 49.1 Å². The Bertz CT molecular complexity index is 1600. The molecule has 0 atom stereocenters. The average Bonchev–Trinajstić information content (AvgIpc) is 2.92. The van der Waals surface area contributed by atoms with Crippen molar-refractivity contribution in [3.05, 3.63) is 129 Å². The summed E-state index contributed by atoms with van der Waals surface area (Å²) in [7, 11) is -4.05. The van der Waals surface area contributed by atoms with E-state index in [2.05, 4.69) is 15.9 Å². The molecule has 4 aromatic rings. The van der Waals surface area contributed by atoms with Gasteiger partial charge in [0, 0.05) is 28.1 Å². The van der Waals surface area contributed by atoms with Crippen LogP contribution in [0, 0.1) is 5.82 Å². The fourth-order valence-corrected chi connectivity index (χ4v) is 6.85. The van der Waals surface area contributed by atoms with Gasteiger partial charge in [0.25, 0.3) is 15.9 Å². The molecule has 0 aromatic heterocycles. The molecule has 5 rings (SSSR count). The van der Waals surface area contributed by atoms with Gasteiger partial charge in [-0.25, -0.2) is 12.8 Å². The second kappa shape index (κ2) is 10.9. The Balaban J connectivity index is 1.46. The lowest BCUT2D eigenvalue weighted by Crippen LogP contribution is -2.36. The van der Waals surface area contributed by atoms with Crippen molar-refractivity contribution in [2.45, 2.75) is 24.4 Å². The van der Waals surface area contributed by atoms with Gasteiger partial charge in [-0.15, -0.1) is 0 Å². The summed E-state index contributed by atoms with van der Waals surface area (Å²) in [5.41, 5.74) is 3.22. The maximum absolute atomic E-state index is 14.0. The Labute approximate surface area is 234 Å². The Morgan fingerprint density at radius 2 is 1.71 bits per heavy atom. The average molecular weight is 614 g/mol. The van der Waals surface area contributed by atoms with Crippen LogP contribution >= 0.6 is 27.5 Å². The zero-order valence-electron chi connectivity index (χ0n) is 20.1. The SMILES string of the molecule is O=C(c1cccc(S(=O)(=O)N(Cc2ccccc2)c2ccc(Cl)cc2)c1)N1CCc2c(Br)cc(F)cc2C1. The van der Waals surface area contributed by atoms with Crippen LogP contribution in [-0.2, 0) is 29.5 Å². The minimum atomic E-state index is -4.05. The summed E-state index contributed by atoms with van der Waals surface area (Å²) in [6.07, 6.45) is 0.571. The third-order valence-corrected chi connectivity index (χ3v) is 9.21. The minimum absolute atomic E-state index is 0.000398. The summed E-state index contributed by atoms with van der Waals surface area (Å²) in [5.74, 6) is -0.687. The topological polar surface area (TPSA) is 57.7 Å². The fraction of sp³-hybridized carbons (Fsp3) is 0.138. The van der Waals surface area contributed by atoms with E-state index in [0.29, 0.717) is 28.1 Å². The molecule has 5 nitrogen and oxygen atoms in total. The van der Waals surface area contributed by atoms with Gasteiger partial charge in [0.15, 0.2) is 0 Å². The Kier molecular flexibility index (Phi) is 7.56. The van der Waals surface area contributed by atoms with E-state index in [9.17, 15) is 17.6 Å². The number of nitrogens with zero attached hydrogens (tertiary/aromatic N) is 2. The Morgan fingerprint density at radius 1 is 0.974 bits per heavy atom. The first-order valence-electron chi connectivity index (χ1n) is 11.9. The van der Waals surface area contributed by atoms with E-state index >= 15 is 0 Å². The number of anilines is 1. The maximum Gasteiger partial charge on any atom is 0.264 e. The van der Waals surface area contributed by atoms with Gasteiger partial charge < -0.3 is 4.90 Å². The number of hydrogen-bond donors (Lipinski definition) is 0. The lowest BCUT2D eigenvalue weighted by molar-refractivity contribution is 0.0734. The van der Waals surface area contributed by atoms with E-state index in [4.69, 9.17) is 11.6 Å². The lowest BCUT2D eigenvalue weighted by atomic mass is 9.99. The smallest absolute Gasteiger partial charge is 0.264 e. The molecule has 0 fully saturated rings. The van der Waals surface area contributed by atoms with E-state index in [1.54, 1.807) is 41.3 Å². The largest absolute Gasteiger partial charge is 0.334 e. The molecule has 0 spiro atoms. The molecule has 1 amide bonds. The van der Waals surface area contributed by atoms with Gasteiger partial charge in [0.2, 0.25) is 0 Å². The van der Waals surface area contributed by atoms with Gasteiger partial charge in [-0.2, -0.15) is 0 Å². The molecule has 1 aliphatic heterocycles. The van der Waals surface area contributed by atoms with Crippen LogP contribution in [0.25, 0.3) is 0 Å². The molecule has 0 unspecified atom stereocenters. The van der Waals surface area contributed by atoms with Gasteiger partial charge in [0.05, 0.1) is 17.1 Å². The van der Waals surface area contributed by atoms with Crippen LogP contribution in [0.15, 0.2) is 100 Å². The second-order valence-corrected chi connectivity index (χ2v) is 12.2. The predicted molar refractivity (Wildman–Crippen MR) is 150 cm³/mol. The van der Waals surface area contributed by atoms with Crippen LogP contribution < -0.4 is 4.31 Å². The van der Waals surface area contributed by atoms with Gasteiger partial charge in [0.1, 0.15) is 5.82 Å².